The summed E-state index contributed by atoms with van der Waals surface area (Å²) in [4.78, 5) is 25.6. The van der Waals surface area contributed by atoms with E-state index in [2.05, 4.69) is 12.1 Å². The lowest BCUT2D eigenvalue weighted by atomic mass is 10.3. The minimum atomic E-state index is -0.342. The second kappa shape index (κ2) is 9.76. The van der Waals surface area contributed by atoms with E-state index in [1.165, 1.54) is 13.8 Å². The normalized spacial score (nSPS) is 10.1. The fraction of sp³-hybridized carbons (Fsp3) is 0.130. The van der Waals surface area contributed by atoms with Crippen molar-refractivity contribution in [1.29, 1.82) is 0 Å². The van der Waals surface area contributed by atoms with E-state index in [1.807, 2.05) is 42.5 Å². The Morgan fingerprint density at radius 2 is 0.964 bits per heavy atom. The second-order valence-electron chi connectivity index (χ2n) is 5.75. The van der Waals surface area contributed by atoms with Crippen LogP contribution in [0, 0.1) is 0 Å². The number of hydrogen-bond acceptors (Lipinski definition) is 4. The summed E-state index contributed by atoms with van der Waals surface area (Å²) in [5.41, 5.74) is 0. The van der Waals surface area contributed by atoms with Crippen molar-refractivity contribution in [3.05, 3.63) is 78.9 Å². The molecule has 0 aliphatic heterocycles. The standard InChI is InChI=1S/C22H19O4S.CH4/c1-16(23)25-18-8-12-21(13-9-18)27(20-6-4-3-5-7-20)22-14-10-19(11-15-22)26-17(2)24;/h3-15H,1-2H3;1H4/q+1;. The van der Waals surface area contributed by atoms with Gasteiger partial charge in [-0.1, -0.05) is 25.6 Å². The molecule has 0 N–H and O–H groups in total. The van der Waals surface area contributed by atoms with Gasteiger partial charge in [0.2, 0.25) is 0 Å². The van der Waals surface area contributed by atoms with Gasteiger partial charge in [0.25, 0.3) is 0 Å². The van der Waals surface area contributed by atoms with E-state index in [0.29, 0.717) is 11.5 Å². The molecule has 0 unspecified atom stereocenters. The van der Waals surface area contributed by atoms with Crippen LogP contribution in [0.4, 0.5) is 0 Å². The molecule has 0 spiro atoms. The largest absolute Gasteiger partial charge is 0.427 e. The first-order valence-electron chi connectivity index (χ1n) is 8.39. The Bertz CT molecular complexity index is 860. The van der Waals surface area contributed by atoms with Crippen LogP contribution in [0.1, 0.15) is 21.3 Å². The van der Waals surface area contributed by atoms with Crippen LogP contribution in [0.25, 0.3) is 0 Å². The minimum Gasteiger partial charge on any atom is -0.427 e. The van der Waals surface area contributed by atoms with Gasteiger partial charge in [-0.25, -0.2) is 0 Å². The van der Waals surface area contributed by atoms with Gasteiger partial charge in [0.05, 0.1) is 10.9 Å². The van der Waals surface area contributed by atoms with Gasteiger partial charge < -0.3 is 9.47 Å². The molecule has 0 bridgehead atoms. The molecule has 3 aromatic rings. The SMILES string of the molecule is C.CC(=O)Oc1ccc([S+](c2ccccc2)c2ccc(OC(C)=O)cc2)cc1. The van der Waals surface area contributed by atoms with Crippen LogP contribution in [-0.4, -0.2) is 11.9 Å². The van der Waals surface area contributed by atoms with Crippen LogP contribution >= 0.6 is 0 Å². The lowest BCUT2D eigenvalue weighted by Gasteiger charge is -2.09. The van der Waals surface area contributed by atoms with E-state index in [4.69, 9.17) is 9.47 Å². The van der Waals surface area contributed by atoms with Crippen molar-refractivity contribution in [2.24, 2.45) is 0 Å². The number of hydrogen-bond donors (Lipinski definition) is 0. The molecule has 4 nitrogen and oxygen atoms in total. The van der Waals surface area contributed by atoms with Crippen molar-refractivity contribution in [1.82, 2.24) is 0 Å². The lowest BCUT2D eigenvalue weighted by Crippen LogP contribution is -2.06. The quantitative estimate of drug-likeness (QED) is 0.336. The van der Waals surface area contributed by atoms with Gasteiger partial charge in [0.1, 0.15) is 11.5 Å². The van der Waals surface area contributed by atoms with Gasteiger partial charge in [0.15, 0.2) is 14.7 Å². The molecule has 0 aliphatic carbocycles. The van der Waals surface area contributed by atoms with Gasteiger partial charge in [-0.05, 0) is 60.7 Å². The van der Waals surface area contributed by atoms with Gasteiger partial charge in [-0.15, -0.1) is 0 Å². The predicted octanol–water partition coefficient (Wildman–Crippen LogP) is 5.27. The summed E-state index contributed by atoms with van der Waals surface area (Å²) >= 11 is 0. The number of ether oxygens (including phenoxy) is 2. The van der Waals surface area contributed by atoms with E-state index in [9.17, 15) is 9.59 Å². The summed E-state index contributed by atoms with van der Waals surface area (Å²) in [6, 6.07) is 25.2. The fourth-order valence-electron chi connectivity index (χ4n) is 2.58. The molecular formula is C23H23O4S+. The molecule has 0 amide bonds. The summed E-state index contributed by atoms with van der Waals surface area (Å²) in [6.45, 7) is 2.76. The summed E-state index contributed by atoms with van der Waals surface area (Å²) in [6.07, 6.45) is 0. The molecule has 0 fully saturated rings. The molecule has 144 valence electrons. The molecule has 0 aromatic heterocycles. The van der Waals surface area contributed by atoms with Crippen molar-refractivity contribution in [2.45, 2.75) is 36.0 Å². The average molecular weight is 396 g/mol. The first kappa shape index (κ1) is 21.3. The Balaban J connectivity index is 0.00000280. The Morgan fingerprint density at radius 3 is 1.32 bits per heavy atom. The van der Waals surface area contributed by atoms with Crippen molar-refractivity contribution in [2.75, 3.05) is 0 Å². The average Bonchev–Trinajstić information content (AvgIpc) is 2.65. The molecule has 3 rings (SSSR count). The molecular weight excluding hydrogens is 372 g/mol. The zero-order valence-electron chi connectivity index (χ0n) is 15.0. The van der Waals surface area contributed by atoms with E-state index in [1.54, 1.807) is 24.3 Å². The Hall–Kier alpha value is -3.05. The zero-order valence-corrected chi connectivity index (χ0v) is 15.9. The van der Waals surface area contributed by atoms with E-state index in [-0.39, 0.29) is 30.3 Å². The number of carbonyl (C=O) groups excluding carboxylic acids is 2. The summed E-state index contributed by atoms with van der Waals surface area (Å²) in [5.74, 6) is 0.359. The summed E-state index contributed by atoms with van der Waals surface area (Å²) in [7, 11) is -0.338. The zero-order chi connectivity index (χ0) is 19.2. The molecule has 0 saturated carbocycles. The van der Waals surface area contributed by atoms with Crippen molar-refractivity contribution in [3.8, 4) is 11.5 Å². The predicted molar refractivity (Wildman–Crippen MR) is 111 cm³/mol. The minimum absolute atomic E-state index is 0. The third-order valence-electron chi connectivity index (χ3n) is 3.62. The molecule has 3 aromatic carbocycles. The Kier molecular flexibility index (Phi) is 7.41. The molecule has 5 heteroatoms. The van der Waals surface area contributed by atoms with Crippen molar-refractivity contribution in [3.63, 3.8) is 0 Å². The number of rotatable bonds is 5. The van der Waals surface area contributed by atoms with Crippen LogP contribution in [0.15, 0.2) is 93.5 Å². The highest BCUT2D eigenvalue weighted by molar-refractivity contribution is 7.97. The van der Waals surface area contributed by atoms with Gasteiger partial charge in [-0.3, -0.25) is 9.59 Å². The second-order valence-corrected chi connectivity index (χ2v) is 7.78. The number of esters is 2. The molecule has 0 aliphatic rings. The van der Waals surface area contributed by atoms with Crippen molar-refractivity contribution >= 4 is 22.8 Å². The topological polar surface area (TPSA) is 52.6 Å². The number of benzene rings is 3. The van der Waals surface area contributed by atoms with Crippen LogP contribution < -0.4 is 9.47 Å². The Morgan fingerprint density at radius 1 is 0.607 bits per heavy atom. The fourth-order valence-corrected chi connectivity index (χ4v) is 4.65. The first-order valence-corrected chi connectivity index (χ1v) is 9.62. The molecule has 0 heterocycles. The van der Waals surface area contributed by atoms with Crippen molar-refractivity contribution < 1.29 is 19.1 Å². The van der Waals surface area contributed by atoms with Gasteiger partial charge >= 0.3 is 11.9 Å². The number of carbonyl (C=O) groups is 2. The van der Waals surface area contributed by atoms with Crippen LogP contribution in [0.3, 0.4) is 0 Å². The highest BCUT2D eigenvalue weighted by atomic mass is 32.2. The van der Waals surface area contributed by atoms with Crippen LogP contribution in [0.5, 0.6) is 11.5 Å². The molecule has 0 atom stereocenters. The molecule has 0 saturated heterocycles. The smallest absolute Gasteiger partial charge is 0.308 e. The van der Waals surface area contributed by atoms with E-state index in [0.717, 1.165) is 14.7 Å². The maximum absolute atomic E-state index is 11.1. The molecule has 28 heavy (non-hydrogen) atoms. The van der Waals surface area contributed by atoms with Gasteiger partial charge in [0, 0.05) is 13.8 Å². The Labute approximate surface area is 168 Å². The van der Waals surface area contributed by atoms with E-state index >= 15 is 0 Å². The third-order valence-corrected chi connectivity index (χ3v) is 5.85. The van der Waals surface area contributed by atoms with E-state index < -0.39 is 0 Å². The first-order chi connectivity index (χ1) is 13.0. The summed E-state index contributed by atoms with van der Waals surface area (Å²) in [5, 5.41) is 0. The molecule has 0 radical (unpaired) electrons. The third kappa shape index (κ3) is 5.47. The maximum Gasteiger partial charge on any atom is 0.308 e. The highest BCUT2D eigenvalue weighted by Crippen LogP contribution is 2.33. The lowest BCUT2D eigenvalue weighted by molar-refractivity contribution is -0.132. The van der Waals surface area contributed by atoms with Gasteiger partial charge in [-0.2, -0.15) is 0 Å². The summed E-state index contributed by atoms with van der Waals surface area (Å²) < 4.78 is 10.3. The highest BCUT2D eigenvalue weighted by Gasteiger charge is 2.28. The maximum atomic E-state index is 11.1. The van der Waals surface area contributed by atoms with Crippen LogP contribution in [0.2, 0.25) is 0 Å². The van der Waals surface area contributed by atoms with Crippen LogP contribution in [-0.2, 0) is 20.5 Å². The monoisotopic (exact) mass is 395 g/mol.